The third-order valence-corrected chi connectivity index (χ3v) is 4.10. The molecule has 5 heteroatoms. The minimum absolute atomic E-state index is 0.0354. The molecule has 0 atom stereocenters. The van der Waals surface area contributed by atoms with Crippen molar-refractivity contribution < 1.29 is 0 Å². The summed E-state index contributed by atoms with van der Waals surface area (Å²) < 4.78 is 1.80. The SMILES string of the molecule is Nc1ccc2[nH]c(=O)n(CCCCN3CCCC3)c2c1. The molecule has 0 bridgehead atoms. The molecule has 0 radical (unpaired) electrons. The lowest BCUT2D eigenvalue weighted by atomic mass is 10.2. The van der Waals surface area contributed by atoms with Gasteiger partial charge >= 0.3 is 5.69 Å². The smallest absolute Gasteiger partial charge is 0.326 e. The number of unbranched alkanes of at least 4 members (excludes halogenated alkanes) is 1. The van der Waals surface area contributed by atoms with Crippen LogP contribution in [0.5, 0.6) is 0 Å². The molecule has 1 saturated heterocycles. The lowest BCUT2D eigenvalue weighted by Gasteiger charge is -2.13. The summed E-state index contributed by atoms with van der Waals surface area (Å²) in [7, 11) is 0. The highest BCUT2D eigenvalue weighted by Crippen LogP contribution is 2.15. The predicted octanol–water partition coefficient (Wildman–Crippen LogP) is 1.79. The average Bonchev–Trinajstić information content (AvgIpc) is 3.03. The maximum absolute atomic E-state index is 12.0. The van der Waals surface area contributed by atoms with Gasteiger partial charge in [0.25, 0.3) is 0 Å². The number of aromatic amines is 1. The maximum atomic E-state index is 12.0. The molecule has 1 fully saturated rings. The van der Waals surface area contributed by atoms with Crippen LogP contribution in [0.15, 0.2) is 23.0 Å². The molecular weight excluding hydrogens is 252 g/mol. The Morgan fingerprint density at radius 3 is 2.70 bits per heavy atom. The van der Waals surface area contributed by atoms with E-state index in [9.17, 15) is 4.79 Å². The van der Waals surface area contributed by atoms with Crippen molar-refractivity contribution in [2.45, 2.75) is 32.2 Å². The lowest BCUT2D eigenvalue weighted by molar-refractivity contribution is 0.326. The number of fused-ring (bicyclic) bond motifs is 1. The number of nitrogens with one attached hydrogen (secondary N) is 1. The van der Waals surface area contributed by atoms with E-state index in [-0.39, 0.29) is 5.69 Å². The summed E-state index contributed by atoms with van der Waals surface area (Å²) in [5, 5.41) is 0. The van der Waals surface area contributed by atoms with Crippen molar-refractivity contribution in [1.82, 2.24) is 14.5 Å². The summed E-state index contributed by atoms with van der Waals surface area (Å²) in [5.74, 6) is 0. The fourth-order valence-electron chi connectivity index (χ4n) is 3.00. The molecule has 0 amide bonds. The molecule has 2 aromatic rings. The summed E-state index contributed by atoms with van der Waals surface area (Å²) in [4.78, 5) is 17.3. The Labute approximate surface area is 118 Å². The van der Waals surface area contributed by atoms with E-state index in [1.807, 2.05) is 18.2 Å². The van der Waals surface area contributed by atoms with Crippen LogP contribution in [0.25, 0.3) is 11.0 Å². The zero-order valence-electron chi connectivity index (χ0n) is 11.8. The largest absolute Gasteiger partial charge is 0.399 e. The van der Waals surface area contributed by atoms with Crippen LogP contribution in [-0.4, -0.2) is 34.1 Å². The average molecular weight is 274 g/mol. The Hall–Kier alpha value is -1.75. The Bertz CT molecular complexity index is 637. The standard InChI is InChI=1S/C15H22N4O/c16-12-5-6-13-14(11-12)19(15(20)17-13)10-4-3-9-18-7-1-2-8-18/h5-6,11H,1-4,7-10,16H2,(H,17,20). The van der Waals surface area contributed by atoms with Crippen molar-refractivity contribution in [1.29, 1.82) is 0 Å². The summed E-state index contributed by atoms with van der Waals surface area (Å²) in [6.45, 7) is 4.39. The van der Waals surface area contributed by atoms with Crippen LogP contribution in [0.1, 0.15) is 25.7 Å². The minimum Gasteiger partial charge on any atom is -0.399 e. The molecule has 3 N–H and O–H groups in total. The number of anilines is 1. The molecular formula is C15H22N4O. The quantitative estimate of drug-likeness (QED) is 0.645. The van der Waals surface area contributed by atoms with Gasteiger partial charge in [-0.2, -0.15) is 0 Å². The van der Waals surface area contributed by atoms with Crippen LogP contribution in [-0.2, 0) is 6.54 Å². The second-order valence-electron chi connectivity index (χ2n) is 5.61. The number of H-pyrrole nitrogens is 1. The first-order valence-corrected chi connectivity index (χ1v) is 7.44. The Kier molecular flexibility index (Phi) is 3.78. The van der Waals surface area contributed by atoms with Crippen molar-refractivity contribution in [3.05, 3.63) is 28.7 Å². The fraction of sp³-hybridized carbons (Fsp3) is 0.533. The summed E-state index contributed by atoms with van der Waals surface area (Å²) in [6.07, 6.45) is 4.84. The van der Waals surface area contributed by atoms with Gasteiger partial charge in [-0.3, -0.25) is 4.57 Å². The van der Waals surface area contributed by atoms with Crippen molar-refractivity contribution in [3.8, 4) is 0 Å². The number of hydrogen-bond donors (Lipinski definition) is 2. The zero-order chi connectivity index (χ0) is 13.9. The number of nitrogens with two attached hydrogens (primary N) is 1. The molecule has 0 aliphatic carbocycles. The molecule has 3 rings (SSSR count). The van der Waals surface area contributed by atoms with E-state index in [2.05, 4.69) is 9.88 Å². The molecule has 1 aliphatic rings. The van der Waals surface area contributed by atoms with Gasteiger partial charge in [0.05, 0.1) is 11.0 Å². The van der Waals surface area contributed by atoms with E-state index in [1.54, 1.807) is 4.57 Å². The summed E-state index contributed by atoms with van der Waals surface area (Å²) in [6, 6.07) is 5.55. The van der Waals surface area contributed by atoms with Gasteiger partial charge in [-0.05, 0) is 63.5 Å². The van der Waals surface area contributed by atoms with Gasteiger partial charge in [0.15, 0.2) is 0 Å². The van der Waals surface area contributed by atoms with E-state index >= 15 is 0 Å². The van der Waals surface area contributed by atoms with Gasteiger partial charge in [0, 0.05) is 12.2 Å². The van der Waals surface area contributed by atoms with E-state index in [0.717, 1.165) is 37.0 Å². The minimum atomic E-state index is -0.0354. The Morgan fingerprint density at radius 2 is 1.90 bits per heavy atom. The van der Waals surface area contributed by atoms with Gasteiger partial charge < -0.3 is 15.6 Å². The summed E-state index contributed by atoms with van der Waals surface area (Å²) in [5.41, 5.74) is 8.24. The molecule has 0 saturated carbocycles. The molecule has 2 heterocycles. The monoisotopic (exact) mass is 274 g/mol. The van der Waals surface area contributed by atoms with E-state index in [1.165, 1.54) is 25.9 Å². The van der Waals surface area contributed by atoms with Gasteiger partial charge in [-0.25, -0.2) is 4.79 Å². The highest BCUT2D eigenvalue weighted by atomic mass is 16.1. The third kappa shape index (κ3) is 2.72. The Morgan fingerprint density at radius 1 is 1.15 bits per heavy atom. The van der Waals surface area contributed by atoms with Crippen molar-refractivity contribution in [3.63, 3.8) is 0 Å². The van der Waals surface area contributed by atoms with Crippen LogP contribution < -0.4 is 11.4 Å². The number of benzene rings is 1. The van der Waals surface area contributed by atoms with Crippen LogP contribution >= 0.6 is 0 Å². The number of nitrogen functional groups attached to an aromatic ring is 1. The number of likely N-dealkylation sites (tertiary alicyclic amines) is 1. The van der Waals surface area contributed by atoms with Crippen molar-refractivity contribution >= 4 is 16.7 Å². The molecule has 1 aromatic carbocycles. The highest BCUT2D eigenvalue weighted by Gasteiger charge is 2.11. The molecule has 20 heavy (non-hydrogen) atoms. The second-order valence-corrected chi connectivity index (χ2v) is 5.61. The van der Waals surface area contributed by atoms with Crippen LogP contribution in [0.3, 0.4) is 0 Å². The molecule has 0 unspecified atom stereocenters. The van der Waals surface area contributed by atoms with Crippen LogP contribution in [0.4, 0.5) is 5.69 Å². The first-order valence-electron chi connectivity index (χ1n) is 7.44. The maximum Gasteiger partial charge on any atom is 0.326 e. The first-order chi connectivity index (χ1) is 9.74. The number of imidazole rings is 1. The molecule has 1 aromatic heterocycles. The van der Waals surface area contributed by atoms with Crippen molar-refractivity contribution in [2.75, 3.05) is 25.4 Å². The van der Waals surface area contributed by atoms with Gasteiger partial charge in [0.1, 0.15) is 0 Å². The van der Waals surface area contributed by atoms with E-state index < -0.39 is 0 Å². The highest BCUT2D eigenvalue weighted by molar-refractivity contribution is 5.78. The number of aryl methyl sites for hydroxylation is 1. The van der Waals surface area contributed by atoms with Crippen molar-refractivity contribution in [2.24, 2.45) is 0 Å². The van der Waals surface area contributed by atoms with Gasteiger partial charge in [0.2, 0.25) is 0 Å². The Balaban J connectivity index is 1.63. The molecule has 0 spiro atoms. The zero-order valence-corrected chi connectivity index (χ0v) is 11.8. The van der Waals surface area contributed by atoms with E-state index in [0.29, 0.717) is 5.69 Å². The number of aromatic nitrogens is 2. The van der Waals surface area contributed by atoms with Gasteiger partial charge in [-0.15, -0.1) is 0 Å². The molecule has 108 valence electrons. The number of hydrogen-bond acceptors (Lipinski definition) is 3. The normalized spacial score (nSPS) is 16.2. The van der Waals surface area contributed by atoms with Gasteiger partial charge in [-0.1, -0.05) is 0 Å². The topological polar surface area (TPSA) is 67.0 Å². The lowest BCUT2D eigenvalue weighted by Crippen LogP contribution is -2.21. The number of rotatable bonds is 5. The third-order valence-electron chi connectivity index (χ3n) is 4.10. The van der Waals surface area contributed by atoms with E-state index in [4.69, 9.17) is 5.73 Å². The molecule has 1 aliphatic heterocycles. The first kappa shape index (κ1) is 13.2. The predicted molar refractivity (Wildman–Crippen MR) is 81.9 cm³/mol. The fourth-order valence-corrected chi connectivity index (χ4v) is 3.00. The van der Waals surface area contributed by atoms with Crippen LogP contribution in [0.2, 0.25) is 0 Å². The molecule has 5 nitrogen and oxygen atoms in total. The van der Waals surface area contributed by atoms with Crippen LogP contribution in [0, 0.1) is 0 Å². The number of nitrogens with zero attached hydrogens (tertiary/aromatic N) is 2. The second kappa shape index (κ2) is 5.71. The summed E-state index contributed by atoms with van der Waals surface area (Å²) >= 11 is 0.